The van der Waals surface area contributed by atoms with Gasteiger partial charge in [-0.05, 0) is 48.9 Å². The van der Waals surface area contributed by atoms with E-state index in [-0.39, 0.29) is 11.6 Å². The zero-order valence-corrected chi connectivity index (χ0v) is 17.0. The van der Waals surface area contributed by atoms with Crippen molar-refractivity contribution in [2.45, 2.75) is 25.8 Å². The molecule has 0 spiro atoms. The summed E-state index contributed by atoms with van der Waals surface area (Å²) in [5, 5.41) is 8.62. The molecule has 0 amide bonds. The smallest absolute Gasteiger partial charge is 0.233 e. The summed E-state index contributed by atoms with van der Waals surface area (Å²) in [5.74, 6) is 1.11. The second-order valence-electron chi connectivity index (χ2n) is 7.20. The Morgan fingerprint density at radius 2 is 2.28 bits per heavy atom. The van der Waals surface area contributed by atoms with Crippen molar-refractivity contribution in [1.29, 1.82) is 0 Å². The molecule has 1 atom stereocenters. The van der Waals surface area contributed by atoms with E-state index in [4.69, 9.17) is 14.0 Å². The van der Waals surface area contributed by atoms with E-state index in [9.17, 15) is 8.42 Å². The molecule has 0 aliphatic carbocycles. The first-order chi connectivity index (χ1) is 14.0. The summed E-state index contributed by atoms with van der Waals surface area (Å²) in [6, 6.07) is 5.49. The molecule has 2 aromatic heterocycles. The molecule has 3 heterocycles. The molecule has 1 aromatic carbocycles. The molecular weight excluding hydrogens is 396 g/mol. The average Bonchev–Trinajstić information content (AvgIpc) is 3.44. The van der Waals surface area contributed by atoms with Crippen LogP contribution < -0.4 is 9.46 Å². The first kappa shape index (κ1) is 19.7. The zero-order chi connectivity index (χ0) is 20.3. The fourth-order valence-corrected chi connectivity index (χ4v) is 4.65. The van der Waals surface area contributed by atoms with Crippen LogP contribution in [0.4, 0.5) is 5.82 Å². The third-order valence-electron chi connectivity index (χ3n) is 5.02. The summed E-state index contributed by atoms with van der Waals surface area (Å²) in [4.78, 5) is 0. The lowest BCUT2D eigenvalue weighted by molar-refractivity contribution is 0.184. The minimum atomic E-state index is -3.55. The molecule has 29 heavy (non-hydrogen) atoms. The van der Waals surface area contributed by atoms with Gasteiger partial charge in [-0.15, -0.1) is 0 Å². The highest BCUT2D eigenvalue weighted by atomic mass is 32.2. The minimum absolute atomic E-state index is 0.0253. The van der Waals surface area contributed by atoms with Crippen LogP contribution in [0.1, 0.15) is 24.8 Å². The van der Waals surface area contributed by atoms with Crippen LogP contribution in [0, 0.1) is 5.92 Å². The number of anilines is 1. The van der Waals surface area contributed by atoms with Crippen molar-refractivity contribution < 1.29 is 22.4 Å². The Balaban J connectivity index is 1.49. The van der Waals surface area contributed by atoms with Crippen LogP contribution in [0.5, 0.6) is 5.75 Å². The number of hydrogen-bond acceptors (Lipinski definition) is 7. The Morgan fingerprint density at radius 3 is 3.00 bits per heavy atom. The predicted octanol–water partition coefficient (Wildman–Crippen LogP) is 2.64. The molecule has 1 unspecified atom stereocenters. The number of nitrogens with one attached hydrogen (secondary N) is 1. The summed E-state index contributed by atoms with van der Waals surface area (Å²) in [7, 11) is -2.02. The standard InChI is InChI=1S/C19H24N4O5S/c1-26-16-10-15(12-23-7-3-6-20-23)11-17-18(16)19(21-28-17)22-29(24,25)9-2-4-14-5-8-27-13-14/h3,6-7,10-11,14H,2,4-5,8-9,12-13H2,1H3,(H,21,22). The van der Waals surface area contributed by atoms with Gasteiger partial charge in [-0.2, -0.15) is 5.10 Å². The highest BCUT2D eigenvalue weighted by Crippen LogP contribution is 2.34. The van der Waals surface area contributed by atoms with Crippen molar-refractivity contribution in [3.8, 4) is 5.75 Å². The Bertz CT molecular complexity index is 1060. The molecule has 1 aliphatic rings. The largest absolute Gasteiger partial charge is 0.496 e. The first-order valence-corrected chi connectivity index (χ1v) is 11.2. The molecule has 0 radical (unpaired) electrons. The summed E-state index contributed by atoms with van der Waals surface area (Å²) < 4.78 is 45.5. The van der Waals surface area contributed by atoms with Gasteiger partial charge >= 0.3 is 0 Å². The minimum Gasteiger partial charge on any atom is -0.496 e. The van der Waals surface area contributed by atoms with Gasteiger partial charge in [0.2, 0.25) is 10.0 Å². The summed E-state index contributed by atoms with van der Waals surface area (Å²) in [5.41, 5.74) is 1.36. The van der Waals surface area contributed by atoms with E-state index in [1.165, 1.54) is 7.11 Å². The lowest BCUT2D eigenvalue weighted by atomic mass is 10.0. The van der Waals surface area contributed by atoms with Crippen molar-refractivity contribution in [3.05, 3.63) is 36.2 Å². The molecule has 10 heteroatoms. The lowest BCUT2D eigenvalue weighted by Gasteiger charge is -2.10. The van der Waals surface area contributed by atoms with Crippen LogP contribution in [-0.2, 0) is 21.3 Å². The number of fused-ring (bicyclic) bond motifs is 1. The van der Waals surface area contributed by atoms with E-state index in [0.717, 1.165) is 31.6 Å². The topological polar surface area (TPSA) is 108 Å². The van der Waals surface area contributed by atoms with Gasteiger partial charge in [0.1, 0.15) is 11.1 Å². The molecule has 1 saturated heterocycles. The quantitative estimate of drug-likeness (QED) is 0.567. The van der Waals surface area contributed by atoms with Gasteiger partial charge < -0.3 is 14.0 Å². The van der Waals surface area contributed by atoms with Crippen LogP contribution in [0.3, 0.4) is 0 Å². The average molecular weight is 420 g/mol. The molecule has 0 bridgehead atoms. The maximum atomic E-state index is 12.5. The zero-order valence-electron chi connectivity index (χ0n) is 16.2. The van der Waals surface area contributed by atoms with E-state index in [1.54, 1.807) is 10.9 Å². The second kappa shape index (κ2) is 8.42. The summed E-state index contributed by atoms with van der Waals surface area (Å²) in [6.45, 7) is 2.02. The molecule has 3 aromatic rings. The number of nitrogens with zero attached hydrogens (tertiary/aromatic N) is 3. The summed E-state index contributed by atoms with van der Waals surface area (Å²) >= 11 is 0. The van der Waals surface area contributed by atoms with E-state index < -0.39 is 10.0 Å². The van der Waals surface area contributed by atoms with E-state index in [2.05, 4.69) is 15.0 Å². The van der Waals surface area contributed by atoms with Gasteiger partial charge in [0.25, 0.3) is 0 Å². The first-order valence-electron chi connectivity index (χ1n) is 9.56. The maximum Gasteiger partial charge on any atom is 0.233 e. The Kier molecular flexibility index (Phi) is 5.72. The highest BCUT2D eigenvalue weighted by Gasteiger charge is 2.21. The van der Waals surface area contributed by atoms with Crippen molar-refractivity contribution in [1.82, 2.24) is 14.9 Å². The summed E-state index contributed by atoms with van der Waals surface area (Å²) in [6.07, 6.45) is 5.97. The second-order valence-corrected chi connectivity index (χ2v) is 9.04. The van der Waals surface area contributed by atoms with E-state index in [0.29, 0.717) is 35.6 Å². The lowest BCUT2D eigenvalue weighted by Crippen LogP contribution is -2.18. The Hall–Kier alpha value is -2.59. The van der Waals surface area contributed by atoms with Gasteiger partial charge in [-0.25, -0.2) is 8.42 Å². The number of sulfonamides is 1. The number of aromatic nitrogens is 3. The van der Waals surface area contributed by atoms with Crippen molar-refractivity contribution in [2.75, 3.05) is 30.8 Å². The Morgan fingerprint density at radius 1 is 1.38 bits per heavy atom. The highest BCUT2D eigenvalue weighted by molar-refractivity contribution is 7.92. The number of benzene rings is 1. The molecule has 1 aliphatic heterocycles. The van der Waals surface area contributed by atoms with Crippen molar-refractivity contribution in [2.24, 2.45) is 5.92 Å². The molecule has 4 rings (SSSR count). The number of hydrogen-bond donors (Lipinski definition) is 1. The fourth-order valence-electron chi connectivity index (χ4n) is 3.56. The number of methoxy groups -OCH3 is 1. The predicted molar refractivity (Wildman–Crippen MR) is 107 cm³/mol. The monoisotopic (exact) mass is 420 g/mol. The van der Waals surface area contributed by atoms with Gasteiger partial charge in [0.15, 0.2) is 11.4 Å². The molecule has 1 N–H and O–H groups in total. The molecule has 0 saturated carbocycles. The third kappa shape index (κ3) is 4.70. The van der Waals surface area contributed by atoms with Gasteiger partial charge in [-0.1, -0.05) is 5.16 Å². The van der Waals surface area contributed by atoms with Crippen molar-refractivity contribution in [3.63, 3.8) is 0 Å². The van der Waals surface area contributed by atoms with Crippen LogP contribution in [0.15, 0.2) is 35.1 Å². The van der Waals surface area contributed by atoms with Crippen LogP contribution in [-0.4, -0.2) is 49.4 Å². The van der Waals surface area contributed by atoms with Crippen molar-refractivity contribution >= 4 is 26.8 Å². The van der Waals surface area contributed by atoms with Gasteiger partial charge in [-0.3, -0.25) is 9.40 Å². The molecule has 9 nitrogen and oxygen atoms in total. The van der Waals surface area contributed by atoms with Crippen LogP contribution >= 0.6 is 0 Å². The fraction of sp³-hybridized carbons (Fsp3) is 0.474. The number of ether oxygens (including phenoxy) is 2. The SMILES string of the molecule is COc1cc(Cn2cccn2)cc2onc(NS(=O)(=O)CCCC3CCOC3)c12. The molecule has 1 fully saturated rings. The van der Waals surface area contributed by atoms with Gasteiger partial charge in [0, 0.05) is 25.6 Å². The van der Waals surface area contributed by atoms with Crippen LogP contribution in [0.25, 0.3) is 11.0 Å². The number of rotatable bonds is 9. The van der Waals surface area contributed by atoms with E-state index in [1.807, 2.05) is 24.4 Å². The normalized spacial score (nSPS) is 17.1. The van der Waals surface area contributed by atoms with E-state index >= 15 is 0 Å². The Labute approximate surface area is 169 Å². The van der Waals surface area contributed by atoms with Gasteiger partial charge in [0.05, 0.1) is 19.4 Å². The molecule has 156 valence electrons. The molecular formula is C19H24N4O5S. The third-order valence-corrected chi connectivity index (χ3v) is 6.35. The van der Waals surface area contributed by atoms with Crippen LogP contribution in [0.2, 0.25) is 0 Å². The maximum absolute atomic E-state index is 12.5.